The summed E-state index contributed by atoms with van der Waals surface area (Å²) in [5.74, 6) is -2.40. The zero-order chi connectivity index (χ0) is 24.7. The van der Waals surface area contributed by atoms with E-state index in [-0.39, 0.29) is 5.56 Å². The first-order chi connectivity index (χ1) is 16.9. The number of hydrogen-bond donors (Lipinski definition) is 1. The van der Waals surface area contributed by atoms with Crippen molar-refractivity contribution in [1.82, 2.24) is 10.4 Å². The van der Waals surface area contributed by atoms with Crippen LogP contribution in [0.15, 0.2) is 72.8 Å². The highest BCUT2D eigenvalue weighted by Gasteiger charge is 2.60. The van der Waals surface area contributed by atoms with Gasteiger partial charge < -0.3 is 4.74 Å². The molecule has 3 atom stereocenters. The Hall–Kier alpha value is -4.04. The summed E-state index contributed by atoms with van der Waals surface area (Å²) >= 11 is 0. The number of imide groups is 1. The molecule has 0 aromatic heterocycles. The molecule has 2 fully saturated rings. The van der Waals surface area contributed by atoms with E-state index in [9.17, 15) is 18.8 Å². The van der Waals surface area contributed by atoms with Gasteiger partial charge in [0.1, 0.15) is 17.6 Å². The van der Waals surface area contributed by atoms with Gasteiger partial charge >= 0.3 is 0 Å². The standard InChI is InChI=1S/C27H24FN3O4/c1-3-35-19-14-12-18(13-15-19)30-26(33)22-23(20-6-4-5-7-21(20)28)29-31(24(22)27(30)34)25(32)17-10-8-16(2)9-11-17/h4-15,22-24,29H,3H2,1-2H3/t22-,23+,24+/m1/s1. The van der Waals surface area contributed by atoms with E-state index in [1.807, 2.05) is 13.8 Å². The molecule has 0 bridgehead atoms. The molecular weight excluding hydrogens is 449 g/mol. The molecule has 2 aliphatic rings. The molecule has 2 aliphatic heterocycles. The molecule has 1 N–H and O–H groups in total. The summed E-state index contributed by atoms with van der Waals surface area (Å²) in [5, 5.41) is 1.18. The van der Waals surface area contributed by atoms with E-state index < -0.39 is 41.5 Å². The first kappa shape index (κ1) is 22.7. The molecule has 2 heterocycles. The molecule has 178 valence electrons. The van der Waals surface area contributed by atoms with Gasteiger partial charge in [-0.2, -0.15) is 0 Å². The van der Waals surface area contributed by atoms with Crippen molar-refractivity contribution < 1.29 is 23.5 Å². The lowest BCUT2D eigenvalue weighted by Gasteiger charge is -2.25. The van der Waals surface area contributed by atoms with Crippen molar-refractivity contribution in [2.24, 2.45) is 5.92 Å². The van der Waals surface area contributed by atoms with Gasteiger partial charge in [0, 0.05) is 11.1 Å². The minimum absolute atomic E-state index is 0.219. The summed E-state index contributed by atoms with van der Waals surface area (Å²) in [5.41, 5.74) is 4.90. The van der Waals surface area contributed by atoms with Crippen LogP contribution in [-0.2, 0) is 9.59 Å². The monoisotopic (exact) mass is 473 g/mol. The first-order valence-electron chi connectivity index (χ1n) is 11.4. The van der Waals surface area contributed by atoms with Gasteiger partial charge in [0.05, 0.1) is 24.3 Å². The Morgan fingerprint density at radius 2 is 1.66 bits per heavy atom. The van der Waals surface area contributed by atoms with Crippen molar-refractivity contribution in [3.63, 3.8) is 0 Å². The van der Waals surface area contributed by atoms with Crippen molar-refractivity contribution in [2.45, 2.75) is 25.9 Å². The first-order valence-corrected chi connectivity index (χ1v) is 11.4. The molecule has 0 aliphatic carbocycles. The van der Waals surface area contributed by atoms with Crippen LogP contribution in [0, 0.1) is 18.7 Å². The number of nitrogens with zero attached hydrogens (tertiary/aromatic N) is 2. The van der Waals surface area contributed by atoms with Crippen LogP contribution in [0.3, 0.4) is 0 Å². The minimum Gasteiger partial charge on any atom is -0.494 e. The average molecular weight is 474 g/mol. The van der Waals surface area contributed by atoms with Crippen LogP contribution in [-0.4, -0.2) is 35.4 Å². The molecule has 0 saturated carbocycles. The fraction of sp³-hybridized carbons (Fsp3) is 0.222. The average Bonchev–Trinajstić information content (AvgIpc) is 3.37. The summed E-state index contributed by atoms with van der Waals surface area (Å²) in [4.78, 5) is 41.8. The Labute approximate surface area is 202 Å². The zero-order valence-corrected chi connectivity index (χ0v) is 19.3. The van der Waals surface area contributed by atoms with Gasteiger partial charge in [0.15, 0.2) is 0 Å². The van der Waals surface area contributed by atoms with Gasteiger partial charge in [-0.3, -0.25) is 19.4 Å². The van der Waals surface area contributed by atoms with E-state index in [0.717, 1.165) is 10.5 Å². The molecular formula is C27H24FN3O4. The highest BCUT2D eigenvalue weighted by Crippen LogP contribution is 2.43. The number of aryl methyl sites for hydroxylation is 1. The van der Waals surface area contributed by atoms with Gasteiger partial charge in [0.2, 0.25) is 5.91 Å². The topological polar surface area (TPSA) is 79.0 Å². The number of carbonyl (C=O) groups is 3. The highest BCUT2D eigenvalue weighted by atomic mass is 19.1. The maximum atomic E-state index is 14.8. The Bertz CT molecular complexity index is 1290. The number of rotatable bonds is 5. The third kappa shape index (κ3) is 3.85. The SMILES string of the molecule is CCOc1ccc(N2C(=O)[C@H]3[C@@H](C2=O)N(C(=O)c2ccc(C)cc2)N[C@H]3c2ccccc2F)cc1. The number of benzene rings is 3. The van der Waals surface area contributed by atoms with E-state index in [1.165, 1.54) is 11.1 Å². The van der Waals surface area contributed by atoms with Crippen LogP contribution in [0.25, 0.3) is 0 Å². The predicted octanol–water partition coefficient (Wildman–Crippen LogP) is 3.79. The molecule has 0 radical (unpaired) electrons. The Morgan fingerprint density at radius 1 is 0.971 bits per heavy atom. The van der Waals surface area contributed by atoms with Crippen LogP contribution >= 0.6 is 0 Å². The third-order valence-electron chi connectivity index (χ3n) is 6.40. The predicted molar refractivity (Wildman–Crippen MR) is 127 cm³/mol. The molecule has 35 heavy (non-hydrogen) atoms. The van der Waals surface area contributed by atoms with E-state index in [0.29, 0.717) is 23.6 Å². The normalized spacial score (nSPS) is 21.4. The zero-order valence-electron chi connectivity index (χ0n) is 19.3. The quantitative estimate of drug-likeness (QED) is 0.571. The van der Waals surface area contributed by atoms with Gasteiger partial charge in [-0.25, -0.2) is 14.7 Å². The van der Waals surface area contributed by atoms with Gasteiger partial charge in [-0.05, 0) is 56.3 Å². The molecule has 0 unspecified atom stereocenters. The van der Waals surface area contributed by atoms with Gasteiger partial charge in [0.25, 0.3) is 11.8 Å². The second kappa shape index (κ2) is 8.96. The second-order valence-corrected chi connectivity index (χ2v) is 8.58. The summed E-state index contributed by atoms with van der Waals surface area (Å²) in [6.45, 7) is 4.25. The van der Waals surface area contributed by atoms with Crippen molar-refractivity contribution in [3.05, 3.63) is 95.3 Å². The summed E-state index contributed by atoms with van der Waals surface area (Å²) in [7, 11) is 0. The summed E-state index contributed by atoms with van der Waals surface area (Å²) < 4.78 is 20.2. The number of hydrogen-bond acceptors (Lipinski definition) is 5. The molecule has 5 rings (SSSR count). The number of fused-ring (bicyclic) bond motifs is 1. The van der Waals surface area contributed by atoms with E-state index >= 15 is 0 Å². The molecule has 3 aromatic rings. The lowest BCUT2D eigenvalue weighted by Crippen LogP contribution is -2.48. The minimum atomic E-state index is -1.12. The molecule has 7 nitrogen and oxygen atoms in total. The Morgan fingerprint density at radius 3 is 2.31 bits per heavy atom. The second-order valence-electron chi connectivity index (χ2n) is 8.58. The molecule has 8 heteroatoms. The highest BCUT2D eigenvalue weighted by molar-refractivity contribution is 6.25. The number of hydrazine groups is 1. The van der Waals surface area contributed by atoms with Crippen molar-refractivity contribution in [1.29, 1.82) is 0 Å². The Kier molecular flexibility index (Phi) is 5.82. The molecule has 2 saturated heterocycles. The fourth-order valence-corrected chi connectivity index (χ4v) is 4.71. The van der Waals surface area contributed by atoms with Crippen LogP contribution in [0.1, 0.15) is 34.5 Å². The van der Waals surface area contributed by atoms with E-state index in [2.05, 4.69) is 5.43 Å². The largest absolute Gasteiger partial charge is 0.494 e. The maximum absolute atomic E-state index is 14.8. The number of ether oxygens (including phenoxy) is 1. The van der Waals surface area contributed by atoms with Crippen LogP contribution in [0.5, 0.6) is 5.75 Å². The van der Waals surface area contributed by atoms with Gasteiger partial charge in [-0.15, -0.1) is 0 Å². The smallest absolute Gasteiger partial charge is 0.268 e. The van der Waals surface area contributed by atoms with Crippen LogP contribution < -0.4 is 15.1 Å². The van der Waals surface area contributed by atoms with Crippen molar-refractivity contribution >= 4 is 23.4 Å². The van der Waals surface area contributed by atoms with Crippen molar-refractivity contribution in [3.8, 4) is 5.75 Å². The third-order valence-corrected chi connectivity index (χ3v) is 6.40. The number of amides is 3. The number of anilines is 1. The van der Waals surface area contributed by atoms with E-state index in [4.69, 9.17) is 4.74 Å². The molecule has 3 amide bonds. The lowest BCUT2D eigenvalue weighted by atomic mass is 9.90. The Balaban J connectivity index is 1.55. The molecule has 0 spiro atoms. The maximum Gasteiger partial charge on any atom is 0.268 e. The van der Waals surface area contributed by atoms with Gasteiger partial charge in [-0.1, -0.05) is 35.9 Å². The van der Waals surface area contributed by atoms with Crippen molar-refractivity contribution in [2.75, 3.05) is 11.5 Å². The molecule has 3 aromatic carbocycles. The fourth-order valence-electron chi connectivity index (χ4n) is 4.71. The van der Waals surface area contributed by atoms with Crippen LogP contribution in [0.2, 0.25) is 0 Å². The summed E-state index contributed by atoms with van der Waals surface area (Å²) in [6.07, 6.45) is 0. The number of carbonyl (C=O) groups excluding carboxylic acids is 3. The number of nitrogens with one attached hydrogen (secondary N) is 1. The van der Waals surface area contributed by atoms with E-state index in [1.54, 1.807) is 66.7 Å². The number of halogens is 1. The van der Waals surface area contributed by atoms with Crippen LogP contribution in [0.4, 0.5) is 10.1 Å². The summed E-state index contributed by atoms with van der Waals surface area (Å²) in [6, 6.07) is 17.6. The lowest BCUT2D eigenvalue weighted by molar-refractivity contribution is -0.123.